The highest BCUT2D eigenvalue weighted by molar-refractivity contribution is 5.70. The van der Waals surface area contributed by atoms with Gasteiger partial charge in [-0.15, -0.1) is 0 Å². The topological polar surface area (TPSA) is 111 Å². The van der Waals surface area contributed by atoms with E-state index in [1.807, 2.05) is 21.1 Å². The van der Waals surface area contributed by atoms with Crippen LogP contribution in [0.25, 0.3) is 0 Å². The molecule has 0 fully saturated rings. The second-order valence-corrected chi connectivity index (χ2v) is 17.4. The number of likely N-dealkylation sites (N-methyl/N-ethyl adjacent to an activating group) is 1. The van der Waals surface area contributed by atoms with Gasteiger partial charge in [-0.25, -0.2) is 0 Å². The van der Waals surface area contributed by atoms with E-state index in [0.29, 0.717) is 17.4 Å². The van der Waals surface area contributed by atoms with Gasteiger partial charge in [0.25, 0.3) is 0 Å². The summed E-state index contributed by atoms with van der Waals surface area (Å²) in [7, 11) is 5.91. The molecule has 58 heavy (non-hydrogen) atoms. The highest BCUT2D eigenvalue weighted by Gasteiger charge is 2.21. The number of carbonyl (C=O) groups is 3. The van der Waals surface area contributed by atoms with Gasteiger partial charge in [-0.05, 0) is 64.2 Å². The van der Waals surface area contributed by atoms with Crippen molar-refractivity contribution in [1.82, 2.24) is 0 Å². The average molecular weight is 822 g/mol. The predicted molar refractivity (Wildman–Crippen MR) is 237 cm³/mol. The van der Waals surface area contributed by atoms with Gasteiger partial charge in [0, 0.05) is 12.8 Å². The number of carboxylic acids is 1. The Kier molecular flexibility index (Phi) is 39.9. The van der Waals surface area contributed by atoms with Crippen LogP contribution in [0.5, 0.6) is 0 Å². The Labute approximate surface area is 357 Å². The van der Waals surface area contributed by atoms with Gasteiger partial charge in [0.05, 0.1) is 40.3 Å². The summed E-state index contributed by atoms with van der Waals surface area (Å²) in [5, 5.41) is 11.7. The maximum Gasteiger partial charge on any atom is 0.306 e. The van der Waals surface area contributed by atoms with Crippen molar-refractivity contribution in [2.45, 2.75) is 225 Å². The normalized spacial score (nSPS) is 13.1. The number of unbranched alkanes of at least 4 members (excludes halogenated alkanes) is 25. The molecule has 0 heterocycles. The van der Waals surface area contributed by atoms with Gasteiger partial charge in [0.1, 0.15) is 13.2 Å². The number of hydrogen-bond acceptors (Lipinski definition) is 8. The summed E-state index contributed by atoms with van der Waals surface area (Å²) in [6, 6.07) is 0. The molecule has 340 valence electrons. The van der Waals surface area contributed by atoms with Crippen LogP contribution in [0.1, 0.15) is 213 Å². The minimum atomic E-state index is -1.62. The lowest BCUT2D eigenvalue weighted by atomic mass is 10.1. The van der Waals surface area contributed by atoms with Crippen molar-refractivity contribution in [2.24, 2.45) is 0 Å². The number of allylic oxidation sites excluding steroid dienone is 4. The highest BCUT2D eigenvalue weighted by atomic mass is 16.7. The zero-order valence-electron chi connectivity index (χ0n) is 38.4. The summed E-state index contributed by atoms with van der Waals surface area (Å²) in [6.45, 7) is 4.71. The molecule has 0 aromatic carbocycles. The van der Waals surface area contributed by atoms with Crippen LogP contribution in [0.2, 0.25) is 0 Å². The number of aliphatic carboxylic acids is 1. The van der Waals surface area contributed by atoms with Crippen LogP contribution in [0, 0.1) is 0 Å². The van der Waals surface area contributed by atoms with Gasteiger partial charge in [0.15, 0.2) is 12.4 Å². The van der Waals surface area contributed by atoms with Crippen LogP contribution < -0.4 is 5.11 Å². The van der Waals surface area contributed by atoms with Crippen molar-refractivity contribution in [2.75, 3.05) is 47.5 Å². The minimum absolute atomic E-state index is 0.147. The molecular formula is C49H91NO8. The van der Waals surface area contributed by atoms with Crippen LogP contribution in [0.15, 0.2) is 24.3 Å². The molecule has 0 aromatic heterocycles. The predicted octanol–water partition coefficient (Wildman–Crippen LogP) is 11.5. The molecule has 0 saturated carbocycles. The first kappa shape index (κ1) is 55.8. The molecule has 0 N–H and O–H groups in total. The number of ether oxygens (including phenoxy) is 4. The lowest BCUT2D eigenvalue weighted by Gasteiger charge is -2.26. The third kappa shape index (κ3) is 41.9. The number of nitrogens with zero attached hydrogens (tertiary/aromatic N) is 1. The summed E-state index contributed by atoms with van der Waals surface area (Å²) in [5.74, 6) is -2.29. The van der Waals surface area contributed by atoms with Gasteiger partial charge in [-0.2, -0.15) is 0 Å². The van der Waals surface area contributed by atoms with Crippen LogP contribution in [-0.2, 0) is 33.3 Å². The number of hydrogen-bond donors (Lipinski definition) is 0. The molecule has 0 rings (SSSR count). The maximum atomic E-state index is 12.8. The summed E-state index contributed by atoms with van der Waals surface area (Å²) in [5.41, 5.74) is 0. The van der Waals surface area contributed by atoms with Crippen LogP contribution >= 0.6 is 0 Å². The van der Waals surface area contributed by atoms with Crippen molar-refractivity contribution in [3.63, 3.8) is 0 Å². The smallest absolute Gasteiger partial charge is 0.306 e. The number of carboxylic acid groups (broad SMARTS) is 1. The first-order chi connectivity index (χ1) is 28.1. The van der Waals surface area contributed by atoms with Crippen molar-refractivity contribution in [3.05, 3.63) is 24.3 Å². The largest absolute Gasteiger partial charge is 0.545 e. The number of carbonyl (C=O) groups excluding carboxylic acids is 3. The molecule has 9 nitrogen and oxygen atoms in total. The van der Waals surface area contributed by atoms with E-state index in [9.17, 15) is 19.5 Å². The highest BCUT2D eigenvalue weighted by Crippen LogP contribution is 2.15. The van der Waals surface area contributed by atoms with E-state index in [4.69, 9.17) is 18.9 Å². The van der Waals surface area contributed by atoms with E-state index < -0.39 is 24.3 Å². The van der Waals surface area contributed by atoms with Crippen LogP contribution in [0.3, 0.4) is 0 Å². The van der Waals surface area contributed by atoms with E-state index in [2.05, 4.69) is 38.2 Å². The van der Waals surface area contributed by atoms with Gasteiger partial charge in [-0.3, -0.25) is 9.59 Å². The lowest BCUT2D eigenvalue weighted by molar-refractivity contribution is -0.870. The number of quaternary nitrogens is 1. The third-order valence-electron chi connectivity index (χ3n) is 10.4. The van der Waals surface area contributed by atoms with Gasteiger partial charge in [-0.1, -0.05) is 160 Å². The second kappa shape index (κ2) is 41.5. The van der Waals surface area contributed by atoms with Gasteiger partial charge >= 0.3 is 11.9 Å². The van der Waals surface area contributed by atoms with E-state index >= 15 is 0 Å². The molecule has 0 spiro atoms. The molecule has 0 saturated heterocycles. The monoisotopic (exact) mass is 822 g/mol. The van der Waals surface area contributed by atoms with Crippen molar-refractivity contribution >= 4 is 17.9 Å². The molecule has 0 radical (unpaired) electrons. The van der Waals surface area contributed by atoms with E-state index in [1.165, 1.54) is 122 Å². The summed E-state index contributed by atoms with van der Waals surface area (Å²) in [4.78, 5) is 37.0. The number of esters is 2. The summed E-state index contributed by atoms with van der Waals surface area (Å²) >= 11 is 0. The Hall–Kier alpha value is -2.23. The summed E-state index contributed by atoms with van der Waals surface area (Å²) in [6.07, 6.45) is 42.1. The average Bonchev–Trinajstić information content (AvgIpc) is 3.18. The molecule has 0 aromatic rings. The second-order valence-electron chi connectivity index (χ2n) is 17.4. The molecular weight excluding hydrogens is 731 g/mol. The van der Waals surface area contributed by atoms with Crippen LogP contribution in [0.4, 0.5) is 0 Å². The Morgan fingerprint density at radius 3 is 1.31 bits per heavy atom. The first-order valence-corrected chi connectivity index (χ1v) is 24.0. The van der Waals surface area contributed by atoms with Gasteiger partial charge in [0.2, 0.25) is 0 Å². The fourth-order valence-electron chi connectivity index (χ4n) is 6.64. The Morgan fingerprint density at radius 2 is 0.879 bits per heavy atom. The van der Waals surface area contributed by atoms with Crippen molar-refractivity contribution in [1.29, 1.82) is 0 Å². The third-order valence-corrected chi connectivity index (χ3v) is 10.4. The molecule has 0 amide bonds. The minimum Gasteiger partial charge on any atom is -0.545 e. The number of rotatable bonds is 44. The zero-order chi connectivity index (χ0) is 42.8. The fraction of sp³-hybridized carbons (Fsp3) is 0.857. The van der Waals surface area contributed by atoms with Gasteiger partial charge < -0.3 is 33.3 Å². The Morgan fingerprint density at radius 1 is 0.500 bits per heavy atom. The Bertz CT molecular complexity index is 1010. The Balaban J connectivity index is 4.34. The summed E-state index contributed by atoms with van der Waals surface area (Å²) < 4.78 is 22.6. The van der Waals surface area contributed by atoms with Crippen molar-refractivity contribution in [3.8, 4) is 0 Å². The van der Waals surface area contributed by atoms with E-state index in [1.54, 1.807) is 0 Å². The first-order valence-electron chi connectivity index (χ1n) is 24.0. The lowest BCUT2D eigenvalue weighted by Crippen LogP contribution is -2.44. The van der Waals surface area contributed by atoms with Crippen molar-refractivity contribution < 1.29 is 42.9 Å². The van der Waals surface area contributed by atoms with E-state index in [-0.39, 0.29) is 38.6 Å². The molecule has 0 aliphatic rings. The van der Waals surface area contributed by atoms with Crippen LogP contribution in [-0.4, -0.2) is 82.3 Å². The molecule has 0 aliphatic heterocycles. The SMILES string of the molecule is CCCCC/C=C\CCCCCCCC(=O)OCC(COC(OCC[N+](C)(C)C)C(=O)[O-])OC(=O)CCCCCCCCCCC/C=C\CCCCCCCCCC. The molecule has 0 aliphatic carbocycles. The quantitative estimate of drug-likeness (QED) is 0.0196. The molecule has 0 bridgehead atoms. The fourth-order valence-corrected chi connectivity index (χ4v) is 6.64. The molecule has 9 heteroatoms. The standard InChI is InChI=1S/C49H91NO8/c1-6-8-10-12-14-16-18-20-21-22-23-24-25-26-27-28-30-32-34-36-38-40-47(52)58-45(44-57-49(48(53)54)55-42-41-50(3,4)5)43-56-46(51)39-37-35-33-31-29-19-17-15-13-11-9-7-2/h15,17,22-23,45,49H,6-14,16,18-21,24-44H2,1-5H3/b17-15-,23-22-. The zero-order valence-corrected chi connectivity index (χ0v) is 38.4. The maximum absolute atomic E-state index is 12.8. The molecule has 2 unspecified atom stereocenters. The van der Waals surface area contributed by atoms with E-state index in [0.717, 1.165) is 57.8 Å². The molecule has 2 atom stereocenters.